The first-order valence-electron chi connectivity index (χ1n) is 7.88. The van der Waals surface area contributed by atoms with Crippen LogP contribution in [0.2, 0.25) is 0 Å². The molecule has 3 heterocycles. The second-order valence-corrected chi connectivity index (χ2v) is 6.09. The zero-order chi connectivity index (χ0) is 17.3. The Morgan fingerprint density at radius 2 is 2.17 bits per heavy atom. The number of hydrogen-bond donors (Lipinski definition) is 1. The van der Waals surface area contributed by atoms with Crippen molar-refractivity contribution in [2.24, 2.45) is 0 Å². The number of aryl methyl sites for hydroxylation is 1. The van der Waals surface area contributed by atoms with Crippen LogP contribution in [0.4, 0.5) is 0 Å². The third-order valence-corrected chi connectivity index (χ3v) is 3.95. The summed E-state index contributed by atoms with van der Waals surface area (Å²) in [4.78, 5) is 29.2. The molecule has 8 heteroatoms. The van der Waals surface area contributed by atoms with E-state index in [9.17, 15) is 9.59 Å². The van der Waals surface area contributed by atoms with Crippen molar-refractivity contribution in [3.8, 4) is 0 Å². The van der Waals surface area contributed by atoms with Crippen molar-refractivity contribution in [2.75, 3.05) is 19.8 Å². The van der Waals surface area contributed by atoms with E-state index < -0.39 is 6.04 Å². The van der Waals surface area contributed by atoms with E-state index in [1.165, 1.54) is 6.07 Å². The molecule has 0 bridgehead atoms. The highest BCUT2D eigenvalue weighted by atomic mass is 16.5. The molecule has 24 heavy (non-hydrogen) atoms. The van der Waals surface area contributed by atoms with E-state index in [0.717, 1.165) is 5.69 Å². The number of amides is 1. The summed E-state index contributed by atoms with van der Waals surface area (Å²) in [6.45, 7) is 6.71. The molecule has 0 aromatic carbocycles. The number of H-pyrrole nitrogens is 1. The van der Waals surface area contributed by atoms with Gasteiger partial charge in [-0.15, -0.1) is 10.2 Å². The van der Waals surface area contributed by atoms with Crippen LogP contribution in [0.5, 0.6) is 0 Å². The van der Waals surface area contributed by atoms with Gasteiger partial charge < -0.3 is 19.0 Å². The summed E-state index contributed by atoms with van der Waals surface area (Å²) >= 11 is 0. The van der Waals surface area contributed by atoms with E-state index in [1.807, 2.05) is 13.8 Å². The molecule has 0 saturated carbocycles. The molecule has 0 unspecified atom stereocenters. The molecule has 128 valence electrons. The van der Waals surface area contributed by atoms with Gasteiger partial charge in [0.2, 0.25) is 17.3 Å². The largest absolute Gasteiger partial charge is 0.423 e. The summed E-state index contributed by atoms with van der Waals surface area (Å²) < 4.78 is 10.9. The molecule has 3 rings (SSSR count). The first-order chi connectivity index (χ1) is 11.5. The SMILES string of the molecule is Cc1nnc([C@@H]2COCCN2C(=O)c2cc(C(C)C)[nH]c(=O)c2)o1. The Morgan fingerprint density at radius 3 is 2.83 bits per heavy atom. The van der Waals surface area contributed by atoms with Crippen LogP contribution < -0.4 is 5.56 Å². The number of carbonyl (C=O) groups excluding carboxylic acids is 1. The van der Waals surface area contributed by atoms with E-state index >= 15 is 0 Å². The molecule has 1 fully saturated rings. The molecule has 0 aliphatic carbocycles. The maximum absolute atomic E-state index is 12.9. The van der Waals surface area contributed by atoms with Crippen LogP contribution >= 0.6 is 0 Å². The monoisotopic (exact) mass is 332 g/mol. The van der Waals surface area contributed by atoms with Gasteiger partial charge in [-0.05, 0) is 12.0 Å². The van der Waals surface area contributed by atoms with Crippen LogP contribution in [0.3, 0.4) is 0 Å². The van der Waals surface area contributed by atoms with Gasteiger partial charge in [0.15, 0.2) is 0 Å². The lowest BCUT2D eigenvalue weighted by Gasteiger charge is -2.33. The fraction of sp³-hybridized carbons (Fsp3) is 0.500. The Labute approximate surface area is 138 Å². The number of pyridine rings is 1. The fourth-order valence-corrected chi connectivity index (χ4v) is 2.66. The van der Waals surface area contributed by atoms with E-state index in [1.54, 1.807) is 17.9 Å². The summed E-state index contributed by atoms with van der Waals surface area (Å²) in [5, 5.41) is 7.82. The van der Waals surface area contributed by atoms with Gasteiger partial charge in [-0.3, -0.25) is 9.59 Å². The summed E-state index contributed by atoms with van der Waals surface area (Å²) in [7, 11) is 0. The third kappa shape index (κ3) is 3.23. The van der Waals surface area contributed by atoms with Crippen LogP contribution in [0, 0.1) is 6.92 Å². The summed E-state index contributed by atoms with van der Waals surface area (Å²) in [6, 6.07) is 2.59. The number of aromatic nitrogens is 3. The van der Waals surface area contributed by atoms with Crippen molar-refractivity contribution in [2.45, 2.75) is 32.7 Å². The Balaban J connectivity index is 1.93. The van der Waals surface area contributed by atoms with Crippen molar-refractivity contribution in [3.63, 3.8) is 0 Å². The molecular weight excluding hydrogens is 312 g/mol. The Kier molecular flexibility index (Phi) is 4.48. The zero-order valence-corrected chi connectivity index (χ0v) is 13.9. The first-order valence-corrected chi connectivity index (χ1v) is 7.88. The second-order valence-electron chi connectivity index (χ2n) is 6.09. The van der Waals surface area contributed by atoms with Gasteiger partial charge >= 0.3 is 0 Å². The molecular formula is C16H20N4O4. The Morgan fingerprint density at radius 1 is 1.38 bits per heavy atom. The smallest absolute Gasteiger partial charge is 0.254 e. The molecule has 1 atom stereocenters. The number of morpholine rings is 1. The van der Waals surface area contributed by atoms with Gasteiger partial charge in [-0.2, -0.15) is 0 Å². The second kappa shape index (κ2) is 6.56. The lowest BCUT2D eigenvalue weighted by molar-refractivity contribution is -0.0106. The van der Waals surface area contributed by atoms with Crippen LogP contribution in [0.1, 0.15) is 53.6 Å². The number of hydrogen-bond acceptors (Lipinski definition) is 6. The summed E-state index contributed by atoms with van der Waals surface area (Å²) in [5.74, 6) is 0.646. The molecule has 1 aliphatic heterocycles. The van der Waals surface area contributed by atoms with Crippen molar-refractivity contribution < 1.29 is 13.9 Å². The summed E-state index contributed by atoms with van der Waals surface area (Å²) in [6.07, 6.45) is 0. The topological polar surface area (TPSA) is 101 Å². The predicted molar refractivity (Wildman–Crippen MR) is 84.8 cm³/mol. The lowest BCUT2D eigenvalue weighted by atomic mass is 10.1. The van der Waals surface area contributed by atoms with Gasteiger partial charge in [0.05, 0.1) is 13.2 Å². The number of nitrogens with one attached hydrogen (secondary N) is 1. The average molecular weight is 332 g/mol. The molecule has 1 saturated heterocycles. The van der Waals surface area contributed by atoms with Gasteiger partial charge in [0.1, 0.15) is 6.04 Å². The minimum Gasteiger partial charge on any atom is -0.423 e. The van der Waals surface area contributed by atoms with E-state index in [0.29, 0.717) is 30.5 Å². The number of aromatic amines is 1. The molecule has 1 amide bonds. The van der Waals surface area contributed by atoms with Crippen LogP contribution in [-0.4, -0.2) is 45.7 Å². The lowest BCUT2D eigenvalue weighted by Crippen LogP contribution is -2.43. The van der Waals surface area contributed by atoms with Gasteiger partial charge in [0.25, 0.3) is 5.91 Å². The molecule has 1 aliphatic rings. The van der Waals surface area contributed by atoms with Crippen molar-refractivity contribution >= 4 is 5.91 Å². The van der Waals surface area contributed by atoms with Gasteiger partial charge in [0, 0.05) is 30.8 Å². The quantitative estimate of drug-likeness (QED) is 0.912. The highest BCUT2D eigenvalue weighted by molar-refractivity contribution is 5.94. The standard InChI is InChI=1S/C16H20N4O4/c1-9(2)12-6-11(7-14(21)17-12)16(22)20-4-5-23-8-13(20)15-19-18-10(3)24-15/h6-7,9,13H,4-5,8H2,1-3H3,(H,17,21)/t13-/m0/s1. The number of ether oxygens (including phenoxy) is 1. The fourth-order valence-electron chi connectivity index (χ4n) is 2.66. The molecule has 2 aromatic heterocycles. The highest BCUT2D eigenvalue weighted by Crippen LogP contribution is 2.25. The Hall–Kier alpha value is -2.48. The minimum atomic E-state index is -0.450. The highest BCUT2D eigenvalue weighted by Gasteiger charge is 2.33. The van der Waals surface area contributed by atoms with Crippen molar-refractivity contribution in [1.29, 1.82) is 0 Å². The third-order valence-electron chi connectivity index (χ3n) is 3.95. The van der Waals surface area contributed by atoms with Crippen molar-refractivity contribution in [1.82, 2.24) is 20.1 Å². The van der Waals surface area contributed by atoms with Crippen LogP contribution in [-0.2, 0) is 4.74 Å². The number of nitrogens with zero attached hydrogens (tertiary/aromatic N) is 3. The maximum Gasteiger partial charge on any atom is 0.254 e. The predicted octanol–water partition coefficient (Wildman–Crippen LogP) is 1.40. The van der Waals surface area contributed by atoms with E-state index in [-0.39, 0.29) is 24.0 Å². The van der Waals surface area contributed by atoms with Gasteiger partial charge in [-0.1, -0.05) is 13.8 Å². The van der Waals surface area contributed by atoms with Crippen LogP contribution in [0.25, 0.3) is 0 Å². The zero-order valence-electron chi connectivity index (χ0n) is 13.9. The van der Waals surface area contributed by atoms with E-state index in [4.69, 9.17) is 9.15 Å². The number of rotatable bonds is 3. The normalized spacial score (nSPS) is 18.2. The van der Waals surface area contributed by atoms with Crippen LogP contribution in [0.15, 0.2) is 21.3 Å². The first kappa shape index (κ1) is 16.4. The molecule has 8 nitrogen and oxygen atoms in total. The number of carbonyl (C=O) groups is 1. The van der Waals surface area contributed by atoms with E-state index in [2.05, 4.69) is 15.2 Å². The average Bonchev–Trinajstić information content (AvgIpc) is 3.00. The minimum absolute atomic E-state index is 0.115. The van der Waals surface area contributed by atoms with Gasteiger partial charge in [-0.25, -0.2) is 0 Å². The molecule has 0 radical (unpaired) electrons. The Bertz CT molecular complexity index is 795. The molecule has 1 N–H and O–H groups in total. The molecule has 0 spiro atoms. The van der Waals surface area contributed by atoms with Crippen molar-refractivity contribution in [3.05, 3.63) is 45.5 Å². The molecule has 2 aromatic rings. The summed E-state index contributed by atoms with van der Waals surface area (Å²) in [5.41, 5.74) is 0.790. The maximum atomic E-state index is 12.9.